The summed E-state index contributed by atoms with van der Waals surface area (Å²) in [5.41, 5.74) is 3.51. The average Bonchev–Trinajstić information content (AvgIpc) is 3.11. The van der Waals surface area contributed by atoms with Crippen molar-refractivity contribution in [3.8, 4) is 22.6 Å². The predicted octanol–water partition coefficient (Wildman–Crippen LogP) is 4.47. The fraction of sp³-hybridized carbons (Fsp3) is 0. The first kappa shape index (κ1) is 14.1. The van der Waals surface area contributed by atoms with Crippen molar-refractivity contribution in [1.29, 1.82) is 0 Å². The number of non-ortho nitro benzene ring substituents is 1. The van der Waals surface area contributed by atoms with E-state index in [1.165, 1.54) is 12.1 Å². The highest BCUT2D eigenvalue weighted by Gasteiger charge is 2.14. The molecule has 24 heavy (non-hydrogen) atoms. The van der Waals surface area contributed by atoms with Gasteiger partial charge in [-0.1, -0.05) is 30.3 Å². The van der Waals surface area contributed by atoms with Gasteiger partial charge in [0.1, 0.15) is 5.76 Å². The molecular weight excluding hydrogens is 306 g/mol. The van der Waals surface area contributed by atoms with E-state index in [1.54, 1.807) is 18.5 Å². The van der Waals surface area contributed by atoms with Crippen molar-refractivity contribution >= 4 is 16.7 Å². The van der Waals surface area contributed by atoms with Gasteiger partial charge in [0.25, 0.3) is 5.69 Å². The van der Waals surface area contributed by atoms with E-state index in [4.69, 9.17) is 4.42 Å². The Morgan fingerprint density at radius 3 is 2.62 bits per heavy atom. The second-order valence-electron chi connectivity index (χ2n) is 5.21. The van der Waals surface area contributed by atoms with Crippen molar-refractivity contribution in [1.82, 2.24) is 9.97 Å². The molecule has 6 nitrogen and oxygen atoms in total. The molecule has 4 aromatic rings. The zero-order valence-corrected chi connectivity index (χ0v) is 12.4. The van der Waals surface area contributed by atoms with Crippen LogP contribution in [0, 0.1) is 10.1 Å². The van der Waals surface area contributed by atoms with E-state index >= 15 is 0 Å². The van der Waals surface area contributed by atoms with Crippen LogP contribution in [0.1, 0.15) is 0 Å². The number of benzene rings is 2. The van der Waals surface area contributed by atoms with E-state index < -0.39 is 4.92 Å². The minimum Gasteiger partial charge on any atom is -0.464 e. The lowest BCUT2D eigenvalue weighted by Gasteiger charge is -2.04. The summed E-state index contributed by atoms with van der Waals surface area (Å²) >= 11 is 0. The molecule has 6 heteroatoms. The van der Waals surface area contributed by atoms with E-state index in [2.05, 4.69) is 9.97 Å². The number of fused-ring (bicyclic) bond motifs is 1. The van der Waals surface area contributed by atoms with Gasteiger partial charge in [-0.25, -0.2) is 4.98 Å². The van der Waals surface area contributed by atoms with Gasteiger partial charge in [-0.15, -0.1) is 0 Å². The van der Waals surface area contributed by atoms with Crippen molar-refractivity contribution in [2.45, 2.75) is 0 Å². The quantitative estimate of drug-likeness (QED) is 0.411. The van der Waals surface area contributed by atoms with E-state index in [0.717, 1.165) is 11.1 Å². The molecule has 0 amide bonds. The summed E-state index contributed by atoms with van der Waals surface area (Å²) in [6.45, 7) is 0. The van der Waals surface area contributed by atoms with Crippen LogP contribution >= 0.6 is 0 Å². The SMILES string of the molecule is O=[N+]([O-])c1ccc2nc(-c3ccoc3-c3ccccc3)cnc2c1. The molecule has 0 radical (unpaired) electrons. The summed E-state index contributed by atoms with van der Waals surface area (Å²) in [6, 6.07) is 16.0. The molecule has 0 spiro atoms. The normalized spacial score (nSPS) is 10.8. The Morgan fingerprint density at radius 1 is 1.00 bits per heavy atom. The van der Waals surface area contributed by atoms with Gasteiger partial charge < -0.3 is 4.42 Å². The van der Waals surface area contributed by atoms with E-state index in [1.807, 2.05) is 36.4 Å². The van der Waals surface area contributed by atoms with Crippen LogP contribution in [0.15, 0.2) is 71.5 Å². The van der Waals surface area contributed by atoms with Gasteiger partial charge in [-0.3, -0.25) is 15.1 Å². The first-order chi connectivity index (χ1) is 11.7. The van der Waals surface area contributed by atoms with Crippen LogP contribution in [0.2, 0.25) is 0 Å². The Hall–Kier alpha value is -3.54. The lowest BCUT2D eigenvalue weighted by atomic mass is 10.1. The Kier molecular flexibility index (Phi) is 3.28. The Morgan fingerprint density at radius 2 is 1.83 bits per heavy atom. The monoisotopic (exact) mass is 317 g/mol. The van der Waals surface area contributed by atoms with E-state index in [0.29, 0.717) is 22.5 Å². The molecule has 116 valence electrons. The van der Waals surface area contributed by atoms with Gasteiger partial charge in [-0.2, -0.15) is 0 Å². The highest BCUT2D eigenvalue weighted by molar-refractivity contribution is 5.83. The van der Waals surface area contributed by atoms with Gasteiger partial charge in [0.15, 0.2) is 0 Å². The van der Waals surface area contributed by atoms with E-state index in [-0.39, 0.29) is 5.69 Å². The van der Waals surface area contributed by atoms with Gasteiger partial charge in [0.2, 0.25) is 0 Å². The number of aromatic nitrogens is 2. The van der Waals surface area contributed by atoms with Crippen molar-refractivity contribution in [3.63, 3.8) is 0 Å². The predicted molar refractivity (Wildman–Crippen MR) is 89.3 cm³/mol. The van der Waals surface area contributed by atoms with Crippen LogP contribution in [0.25, 0.3) is 33.6 Å². The number of rotatable bonds is 3. The molecule has 2 heterocycles. The third kappa shape index (κ3) is 2.40. The highest BCUT2D eigenvalue weighted by atomic mass is 16.6. The molecule has 0 bridgehead atoms. The molecule has 0 atom stereocenters. The molecule has 0 aliphatic carbocycles. The van der Waals surface area contributed by atoms with Gasteiger partial charge in [-0.05, 0) is 12.1 Å². The lowest BCUT2D eigenvalue weighted by molar-refractivity contribution is -0.384. The van der Waals surface area contributed by atoms with Crippen LogP contribution in [-0.4, -0.2) is 14.9 Å². The number of nitro groups is 1. The van der Waals surface area contributed by atoms with Gasteiger partial charge in [0.05, 0.1) is 34.1 Å². The Balaban J connectivity index is 1.82. The first-order valence-corrected chi connectivity index (χ1v) is 7.27. The van der Waals surface area contributed by atoms with Crippen LogP contribution in [0.4, 0.5) is 5.69 Å². The maximum Gasteiger partial charge on any atom is 0.271 e. The first-order valence-electron chi connectivity index (χ1n) is 7.27. The molecule has 0 saturated carbocycles. The summed E-state index contributed by atoms with van der Waals surface area (Å²) in [5, 5.41) is 10.8. The summed E-state index contributed by atoms with van der Waals surface area (Å²) in [6.07, 6.45) is 3.21. The number of furan rings is 1. The lowest BCUT2D eigenvalue weighted by Crippen LogP contribution is -1.92. The largest absolute Gasteiger partial charge is 0.464 e. The second-order valence-corrected chi connectivity index (χ2v) is 5.21. The van der Waals surface area contributed by atoms with Crippen LogP contribution in [0.3, 0.4) is 0 Å². The van der Waals surface area contributed by atoms with Crippen molar-refractivity contribution in [2.75, 3.05) is 0 Å². The molecule has 0 aliphatic rings. The van der Waals surface area contributed by atoms with E-state index in [9.17, 15) is 10.1 Å². The number of hydrogen-bond acceptors (Lipinski definition) is 5. The number of hydrogen-bond donors (Lipinski definition) is 0. The van der Waals surface area contributed by atoms with Crippen LogP contribution in [0.5, 0.6) is 0 Å². The van der Waals surface area contributed by atoms with Crippen LogP contribution < -0.4 is 0 Å². The van der Waals surface area contributed by atoms with Crippen molar-refractivity contribution in [3.05, 3.63) is 77.2 Å². The minimum atomic E-state index is -0.446. The molecule has 4 rings (SSSR count). The number of nitrogens with zero attached hydrogens (tertiary/aromatic N) is 3. The molecule has 0 unspecified atom stereocenters. The third-order valence-electron chi connectivity index (χ3n) is 3.71. The Labute approximate surface area is 136 Å². The molecular formula is C18H11N3O3. The second kappa shape index (κ2) is 5.58. The summed E-state index contributed by atoms with van der Waals surface area (Å²) in [7, 11) is 0. The molecule has 0 N–H and O–H groups in total. The smallest absolute Gasteiger partial charge is 0.271 e. The maximum absolute atomic E-state index is 10.8. The zero-order chi connectivity index (χ0) is 16.5. The third-order valence-corrected chi connectivity index (χ3v) is 3.71. The fourth-order valence-electron chi connectivity index (χ4n) is 2.57. The van der Waals surface area contributed by atoms with Crippen LogP contribution in [-0.2, 0) is 0 Å². The summed E-state index contributed by atoms with van der Waals surface area (Å²) < 4.78 is 5.61. The molecule has 2 aromatic carbocycles. The molecule has 0 saturated heterocycles. The minimum absolute atomic E-state index is 0.00200. The zero-order valence-electron chi connectivity index (χ0n) is 12.4. The van der Waals surface area contributed by atoms with Crippen molar-refractivity contribution in [2.24, 2.45) is 0 Å². The number of nitro benzene ring substituents is 1. The summed E-state index contributed by atoms with van der Waals surface area (Å²) in [4.78, 5) is 19.3. The summed E-state index contributed by atoms with van der Waals surface area (Å²) in [5.74, 6) is 0.714. The topological polar surface area (TPSA) is 82.1 Å². The molecule has 0 aliphatic heterocycles. The fourth-order valence-corrected chi connectivity index (χ4v) is 2.57. The average molecular weight is 317 g/mol. The van der Waals surface area contributed by atoms with Gasteiger partial charge in [0, 0.05) is 23.3 Å². The Bertz CT molecular complexity index is 1040. The van der Waals surface area contributed by atoms with Crippen molar-refractivity contribution < 1.29 is 9.34 Å². The standard InChI is InChI=1S/C18H11N3O3/c22-21(23)13-6-7-15-16(10-13)19-11-17(20-15)14-8-9-24-18(14)12-4-2-1-3-5-12/h1-11H. The molecule has 0 fully saturated rings. The maximum atomic E-state index is 10.8. The van der Waals surface area contributed by atoms with Gasteiger partial charge >= 0.3 is 0 Å². The molecule has 2 aromatic heterocycles. The highest BCUT2D eigenvalue weighted by Crippen LogP contribution is 2.32.